The van der Waals surface area contributed by atoms with Crippen LogP contribution in [0.3, 0.4) is 0 Å². The monoisotopic (exact) mass is 259 g/mol. The SMILES string of the molecule is CSc1nc(Cl)cc(Sc2ncco2)n1. The molecule has 0 N–H and O–H groups in total. The van der Waals surface area contributed by atoms with E-state index in [-0.39, 0.29) is 0 Å². The lowest BCUT2D eigenvalue weighted by atomic mass is 10.7. The molecule has 78 valence electrons. The maximum absolute atomic E-state index is 5.84. The van der Waals surface area contributed by atoms with Gasteiger partial charge in [0.2, 0.25) is 0 Å². The largest absolute Gasteiger partial charge is 0.440 e. The first-order valence-corrected chi connectivity index (χ1v) is 6.36. The van der Waals surface area contributed by atoms with Gasteiger partial charge in [-0.05, 0) is 18.0 Å². The van der Waals surface area contributed by atoms with E-state index in [9.17, 15) is 0 Å². The van der Waals surface area contributed by atoms with Crippen LogP contribution < -0.4 is 0 Å². The molecule has 0 saturated carbocycles. The van der Waals surface area contributed by atoms with Gasteiger partial charge in [-0.1, -0.05) is 23.4 Å². The fourth-order valence-electron chi connectivity index (χ4n) is 0.871. The quantitative estimate of drug-likeness (QED) is 0.480. The summed E-state index contributed by atoms with van der Waals surface area (Å²) in [6, 6.07) is 1.68. The standard InChI is InChI=1S/C8H6ClN3OS2/c1-14-7-11-5(9)4-6(12-7)15-8-10-2-3-13-8/h2-4H,1H3. The average molecular weight is 260 g/mol. The maximum atomic E-state index is 5.84. The predicted octanol–water partition coefficient (Wildman–Crippen LogP) is 2.99. The smallest absolute Gasteiger partial charge is 0.261 e. The zero-order chi connectivity index (χ0) is 10.7. The molecular formula is C8H6ClN3OS2. The zero-order valence-electron chi connectivity index (χ0n) is 7.68. The third kappa shape index (κ3) is 2.87. The molecular weight excluding hydrogens is 254 g/mol. The number of nitrogens with zero attached hydrogens (tertiary/aromatic N) is 3. The summed E-state index contributed by atoms with van der Waals surface area (Å²) in [6.07, 6.45) is 4.99. The molecule has 0 aromatic carbocycles. The van der Waals surface area contributed by atoms with E-state index in [1.165, 1.54) is 29.8 Å². The van der Waals surface area contributed by atoms with Crippen LogP contribution in [0.4, 0.5) is 0 Å². The van der Waals surface area contributed by atoms with Gasteiger partial charge in [0.15, 0.2) is 5.16 Å². The van der Waals surface area contributed by atoms with Crippen molar-refractivity contribution in [2.45, 2.75) is 15.4 Å². The van der Waals surface area contributed by atoms with Gasteiger partial charge in [0.1, 0.15) is 16.4 Å². The van der Waals surface area contributed by atoms with E-state index in [4.69, 9.17) is 16.0 Å². The number of aromatic nitrogens is 3. The minimum atomic E-state index is 0.420. The van der Waals surface area contributed by atoms with Gasteiger partial charge in [-0.15, -0.1) is 0 Å². The predicted molar refractivity (Wildman–Crippen MR) is 59.4 cm³/mol. The second-order valence-electron chi connectivity index (χ2n) is 2.42. The highest BCUT2D eigenvalue weighted by Crippen LogP contribution is 2.27. The van der Waals surface area contributed by atoms with Crippen LogP contribution in [0, 0.1) is 0 Å². The summed E-state index contributed by atoms with van der Waals surface area (Å²) in [5.41, 5.74) is 0. The van der Waals surface area contributed by atoms with E-state index in [2.05, 4.69) is 15.0 Å². The Morgan fingerprint density at radius 1 is 1.40 bits per heavy atom. The highest BCUT2D eigenvalue weighted by molar-refractivity contribution is 7.99. The van der Waals surface area contributed by atoms with Gasteiger partial charge in [-0.3, -0.25) is 0 Å². The van der Waals surface area contributed by atoms with Crippen LogP contribution in [-0.2, 0) is 0 Å². The van der Waals surface area contributed by atoms with Crippen LogP contribution in [0.25, 0.3) is 0 Å². The molecule has 4 nitrogen and oxygen atoms in total. The summed E-state index contributed by atoms with van der Waals surface area (Å²) < 4.78 is 5.09. The number of halogens is 1. The van der Waals surface area contributed by atoms with Gasteiger partial charge in [-0.25, -0.2) is 15.0 Å². The molecule has 7 heteroatoms. The molecule has 2 aromatic rings. The molecule has 0 aliphatic carbocycles. The van der Waals surface area contributed by atoms with Crippen molar-refractivity contribution in [3.8, 4) is 0 Å². The summed E-state index contributed by atoms with van der Waals surface area (Å²) >= 11 is 8.59. The normalized spacial score (nSPS) is 10.5. The molecule has 0 bridgehead atoms. The number of hydrogen-bond acceptors (Lipinski definition) is 6. The summed E-state index contributed by atoms with van der Waals surface area (Å²) in [6.45, 7) is 0. The van der Waals surface area contributed by atoms with E-state index in [1.54, 1.807) is 12.3 Å². The lowest BCUT2D eigenvalue weighted by molar-refractivity contribution is 0.454. The summed E-state index contributed by atoms with van der Waals surface area (Å²) in [7, 11) is 0. The minimum absolute atomic E-state index is 0.420. The molecule has 0 atom stereocenters. The zero-order valence-corrected chi connectivity index (χ0v) is 10.1. The number of thioether (sulfide) groups is 1. The first-order valence-electron chi connectivity index (χ1n) is 3.94. The second-order valence-corrected chi connectivity index (χ2v) is 4.55. The number of hydrogen-bond donors (Lipinski definition) is 0. The van der Waals surface area contributed by atoms with E-state index >= 15 is 0 Å². The van der Waals surface area contributed by atoms with Crippen LogP contribution in [0.2, 0.25) is 5.15 Å². The summed E-state index contributed by atoms with van der Waals surface area (Å²) in [4.78, 5) is 12.3. The fraction of sp³-hybridized carbons (Fsp3) is 0.125. The van der Waals surface area contributed by atoms with Crippen molar-refractivity contribution < 1.29 is 4.42 Å². The number of oxazole rings is 1. The van der Waals surface area contributed by atoms with Crippen LogP contribution in [0.1, 0.15) is 0 Å². The van der Waals surface area contributed by atoms with Crippen LogP contribution in [0.5, 0.6) is 0 Å². The van der Waals surface area contributed by atoms with Crippen molar-refractivity contribution in [2.75, 3.05) is 6.26 Å². The first kappa shape index (κ1) is 10.8. The number of rotatable bonds is 3. The molecule has 15 heavy (non-hydrogen) atoms. The van der Waals surface area contributed by atoms with E-state index in [0.717, 1.165) is 5.03 Å². The highest BCUT2D eigenvalue weighted by Gasteiger charge is 2.06. The Kier molecular flexibility index (Phi) is 3.50. The molecule has 0 aliphatic heterocycles. The van der Waals surface area contributed by atoms with Gasteiger partial charge < -0.3 is 4.42 Å². The van der Waals surface area contributed by atoms with Gasteiger partial charge >= 0.3 is 0 Å². The van der Waals surface area contributed by atoms with Crippen molar-refractivity contribution in [1.82, 2.24) is 15.0 Å². The van der Waals surface area contributed by atoms with Gasteiger partial charge in [0.05, 0.1) is 6.20 Å². The fourth-order valence-corrected chi connectivity index (χ4v) is 2.30. The molecule has 0 radical (unpaired) electrons. The lowest BCUT2D eigenvalue weighted by Gasteiger charge is -1.99. The van der Waals surface area contributed by atoms with Crippen LogP contribution in [0.15, 0.2) is 38.3 Å². The van der Waals surface area contributed by atoms with Gasteiger partial charge in [0.25, 0.3) is 5.22 Å². The second kappa shape index (κ2) is 4.87. The average Bonchev–Trinajstić information content (AvgIpc) is 2.69. The van der Waals surface area contributed by atoms with Crippen LogP contribution in [-0.4, -0.2) is 21.2 Å². The van der Waals surface area contributed by atoms with Crippen molar-refractivity contribution in [1.29, 1.82) is 0 Å². The van der Waals surface area contributed by atoms with Gasteiger partial charge in [0, 0.05) is 6.07 Å². The van der Waals surface area contributed by atoms with Gasteiger partial charge in [-0.2, -0.15) is 0 Å². The molecule has 0 fully saturated rings. The van der Waals surface area contributed by atoms with E-state index in [1.807, 2.05) is 6.26 Å². The van der Waals surface area contributed by atoms with E-state index in [0.29, 0.717) is 15.5 Å². The molecule has 0 aliphatic rings. The Balaban J connectivity index is 2.24. The Hall–Kier alpha value is -0.720. The highest BCUT2D eigenvalue weighted by atomic mass is 35.5. The third-order valence-electron chi connectivity index (χ3n) is 1.43. The summed E-state index contributed by atoms with van der Waals surface area (Å²) in [5.74, 6) is 0. The molecule has 0 unspecified atom stereocenters. The van der Waals surface area contributed by atoms with Crippen molar-refractivity contribution >= 4 is 35.1 Å². The summed E-state index contributed by atoms with van der Waals surface area (Å²) in [5, 5.41) is 2.32. The van der Waals surface area contributed by atoms with Crippen molar-refractivity contribution in [2.24, 2.45) is 0 Å². The molecule has 0 saturated heterocycles. The molecule has 0 spiro atoms. The Labute approximate surface area is 99.9 Å². The van der Waals surface area contributed by atoms with Crippen LogP contribution >= 0.6 is 35.1 Å². The first-order chi connectivity index (χ1) is 7.28. The third-order valence-corrected chi connectivity index (χ3v) is 2.97. The topological polar surface area (TPSA) is 51.8 Å². The van der Waals surface area contributed by atoms with Crippen molar-refractivity contribution in [3.05, 3.63) is 23.7 Å². The molecule has 2 heterocycles. The molecule has 0 amide bonds. The van der Waals surface area contributed by atoms with E-state index < -0.39 is 0 Å². The Morgan fingerprint density at radius 2 is 2.27 bits per heavy atom. The van der Waals surface area contributed by atoms with Crippen molar-refractivity contribution in [3.63, 3.8) is 0 Å². The molecule has 2 aromatic heterocycles. The Bertz CT molecular complexity index is 449. The maximum Gasteiger partial charge on any atom is 0.261 e. The molecule has 2 rings (SSSR count). The lowest BCUT2D eigenvalue weighted by Crippen LogP contribution is -1.88. The Morgan fingerprint density at radius 3 is 2.93 bits per heavy atom. The minimum Gasteiger partial charge on any atom is -0.440 e.